The molecule has 1 aromatic rings. The maximum atomic E-state index is 6.87. The Morgan fingerprint density at radius 2 is 2.30 bits per heavy atom. The number of rotatable bonds is 3. The molecule has 0 saturated heterocycles. The fraction of sp³-hybridized carbons (Fsp3) is 0.500. The molecule has 0 amide bonds. The maximum absolute atomic E-state index is 6.87. The third-order valence-corrected chi connectivity index (χ3v) is 1.15. The van der Waals surface area contributed by atoms with E-state index in [1.54, 1.807) is 12.5 Å². The summed E-state index contributed by atoms with van der Waals surface area (Å²) < 4.78 is 1.98. The smallest absolute Gasteiger partial charge is 0.0945 e. The number of hydrogen-bond acceptors (Lipinski definition) is 1. The van der Waals surface area contributed by atoms with Gasteiger partial charge in [-0.2, -0.15) is 0 Å². The van der Waals surface area contributed by atoms with E-state index in [0.29, 0.717) is 6.54 Å². The van der Waals surface area contributed by atoms with Crippen LogP contribution in [-0.4, -0.2) is 16.1 Å². The Morgan fingerprint density at radius 3 is 2.80 bits per heavy atom. The minimum Gasteiger partial charge on any atom is -0.677 e. The first-order chi connectivity index (χ1) is 4.43. The summed E-state index contributed by atoms with van der Waals surface area (Å²) in [5.74, 6) is 0. The minimum atomic E-state index is 0. The molecule has 0 fully saturated rings. The zero-order valence-corrected chi connectivity index (χ0v) is 9.53. The van der Waals surface area contributed by atoms with Crippen LogP contribution in [-0.2, 0) is 6.54 Å². The Morgan fingerprint density at radius 1 is 1.50 bits per heavy atom. The molecule has 0 aliphatic carbocycles. The summed E-state index contributed by atoms with van der Waals surface area (Å²) >= 11 is 0. The molecule has 53 valence electrons. The quantitative estimate of drug-likeness (QED) is 0.812. The molecule has 0 aliphatic rings. The number of hydrogen-bond donors (Lipinski definition) is 0. The summed E-state index contributed by atoms with van der Waals surface area (Å²) in [5.41, 5.74) is 6.87. The van der Waals surface area contributed by atoms with Crippen molar-refractivity contribution < 1.29 is 41.3 Å². The van der Waals surface area contributed by atoms with Crippen molar-refractivity contribution in [3.8, 4) is 0 Å². The maximum Gasteiger partial charge on any atom is 0.0945 e. The van der Waals surface area contributed by atoms with E-state index < -0.39 is 0 Å². The van der Waals surface area contributed by atoms with Crippen LogP contribution in [0.15, 0.2) is 18.7 Å². The van der Waals surface area contributed by atoms with E-state index in [1.807, 2.05) is 10.8 Å². The van der Waals surface area contributed by atoms with Crippen LogP contribution in [0.5, 0.6) is 0 Å². The van der Waals surface area contributed by atoms with Crippen molar-refractivity contribution in [3.05, 3.63) is 24.5 Å². The fourth-order valence-corrected chi connectivity index (χ4v) is 0.681. The molecule has 0 aromatic carbocycles. The molecule has 0 atom stereocenters. The van der Waals surface area contributed by atoms with Gasteiger partial charge in [-0.15, -0.1) is 6.54 Å². The number of nitrogens with one attached hydrogen (secondary N) is 1. The van der Waals surface area contributed by atoms with Gasteiger partial charge in [-0.1, -0.05) is 6.42 Å². The molecule has 0 unspecified atom stereocenters. The topological polar surface area (TPSA) is 41.6 Å². The van der Waals surface area contributed by atoms with E-state index in [9.17, 15) is 0 Å². The molecule has 10 heavy (non-hydrogen) atoms. The van der Waals surface area contributed by atoms with Gasteiger partial charge < -0.3 is 10.3 Å². The van der Waals surface area contributed by atoms with Crippen molar-refractivity contribution in [2.75, 3.05) is 6.54 Å². The minimum absolute atomic E-state index is 0. The van der Waals surface area contributed by atoms with Crippen LogP contribution in [0.3, 0.4) is 0 Å². The Balaban J connectivity index is 0.000000810. The van der Waals surface area contributed by atoms with Crippen molar-refractivity contribution in [1.82, 2.24) is 9.55 Å². The van der Waals surface area contributed by atoms with E-state index in [-0.39, 0.29) is 41.3 Å². The van der Waals surface area contributed by atoms with Crippen LogP contribution >= 0.6 is 0 Å². The summed E-state index contributed by atoms with van der Waals surface area (Å²) in [6, 6.07) is 0. The first-order valence-electron chi connectivity index (χ1n) is 3.04. The molecule has 0 saturated carbocycles. The Labute approximate surface area is 94.0 Å². The van der Waals surface area contributed by atoms with Crippen LogP contribution < -0.4 is 0 Å². The van der Waals surface area contributed by atoms with Crippen LogP contribution in [0.1, 0.15) is 6.42 Å². The summed E-state index contributed by atoms with van der Waals surface area (Å²) in [4.78, 5) is 3.88. The second-order valence-electron chi connectivity index (χ2n) is 1.90. The van der Waals surface area contributed by atoms with Gasteiger partial charge in [-0.3, -0.25) is 0 Å². The molecule has 1 aromatic heterocycles. The monoisotopic (exact) mass is 265 g/mol. The molecule has 4 heteroatoms. The molecule has 0 spiro atoms. The average molecular weight is 265 g/mol. The molecule has 1 radical (unpaired) electrons. The Hall–Kier alpha value is 0.534. The van der Waals surface area contributed by atoms with E-state index in [1.165, 1.54) is 0 Å². The second-order valence-corrected chi connectivity index (χ2v) is 1.90. The molecule has 1 heterocycles. The van der Waals surface area contributed by atoms with Crippen molar-refractivity contribution in [1.29, 1.82) is 0 Å². The van der Waals surface area contributed by atoms with Crippen LogP contribution in [0.25, 0.3) is 5.73 Å². The summed E-state index contributed by atoms with van der Waals surface area (Å²) in [6.45, 7) is 1.42. The molecular weight excluding hydrogens is 255 g/mol. The normalized spacial score (nSPS) is 8.90. The van der Waals surface area contributed by atoms with Gasteiger partial charge in [0.1, 0.15) is 0 Å². The second kappa shape index (κ2) is 6.26. The van der Waals surface area contributed by atoms with E-state index >= 15 is 0 Å². The number of nitrogens with zero attached hydrogens (tertiary/aromatic N) is 2. The fourth-order valence-electron chi connectivity index (χ4n) is 0.681. The number of imidazole rings is 1. The largest absolute Gasteiger partial charge is 0.677 e. The molecule has 3 nitrogen and oxygen atoms in total. The summed E-state index contributed by atoms with van der Waals surface area (Å²) in [6.07, 6.45) is 6.35. The standard InChI is InChI=1S/C6H10N3.Pr/c7-2-1-4-9-5-3-8-6-9;/h3,5-7H,1-2,4H2;/q-1;. The zero-order chi connectivity index (χ0) is 6.53. The van der Waals surface area contributed by atoms with Crippen LogP contribution in [0, 0.1) is 41.3 Å². The van der Waals surface area contributed by atoms with Gasteiger partial charge in [0.05, 0.1) is 6.33 Å². The molecular formula is C6H10N3Pr-. The predicted molar refractivity (Wildman–Crippen MR) is 36.0 cm³/mol. The van der Waals surface area contributed by atoms with E-state index in [2.05, 4.69) is 4.98 Å². The average Bonchev–Trinajstić information content (AvgIpc) is 2.34. The van der Waals surface area contributed by atoms with Crippen LogP contribution in [0.2, 0.25) is 0 Å². The predicted octanol–water partition coefficient (Wildman–Crippen LogP) is 1.33. The van der Waals surface area contributed by atoms with Crippen molar-refractivity contribution in [2.45, 2.75) is 13.0 Å². The van der Waals surface area contributed by atoms with Crippen molar-refractivity contribution >= 4 is 0 Å². The van der Waals surface area contributed by atoms with E-state index in [0.717, 1.165) is 13.0 Å². The van der Waals surface area contributed by atoms with Crippen LogP contribution in [0.4, 0.5) is 0 Å². The Kier molecular flexibility index (Phi) is 6.59. The van der Waals surface area contributed by atoms with Gasteiger partial charge in [0.2, 0.25) is 0 Å². The van der Waals surface area contributed by atoms with Gasteiger partial charge in [0.25, 0.3) is 0 Å². The number of aryl methyl sites for hydroxylation is 1. The molecule has 1 rings (SSSR count). The van der Waals surface area contributed by atoms with Gasteiger partial charge in [-0.05, 0) is 0 Å². The van der Waals surface area contributed by atoms with Gasteiger partial charge in [0, 0.05) is 60.2 Å². The van der Waals surface area contributed by atoms with Gasteiger partial charge in [0.15, 0.2) is 0 Å². The first-order valence-corrected chi connectivity index (χ1v) is 3.04. The van der Waals surface area contributed by atoms with Crippen molar-refractivity contribution in [3.63, 3.8) is 0 Å². The molecule has 0 aliphatic heterocycles. The third kappa shape index (κ3) is 3.64. The summed E-state index contributed by atoms with van der Waals surface area (Å²) in [7, 11) is 0. The molecule has 1 N–H and O–H groups in total. The third-order valence-electron chi connectivity index (χ3n) is 1.15. The molecule has 0 bridgehead atoms. The van der Waals surface area contributed by atoms with E-state index in [4.69, 9.17) is 5.73 Å². The Bertz CT molecular complexity index is 150. The summed E-state index contributed by atoms with van der Waals surface area (Å²) in [5, 5.41) is 0. The van der Waals surface area contributed by atoms with Gasteiger partial charge >= 0.3 is 0 Å². The number of aromatic nitrogens is 2. The first kappa shape index (κ1) is 10.5. The van der Waals surface area contributed by atoms with Crippen molar-refractivity contribution in [2.24, 2.45) is 0 Å². The SMILES string of the molecule is [NH-]CCCn1ccnc1.[Pr]. The zero-order valence-electron chi connectivity index (χ0n) is 5.83. The van der Waals surface area contributed by atoms with Gasteiger partial charge in [-0.25, -0.2) is 4.98 Å².